The van der Waals surface area contributed by atoms with Crippen LogP contribution in [0.3, 0.4) is 0 Å². The second-order valence-corrected chi connectivity index (χ2v) is 5.73. The Hall–Kier alpha value is -2.24. The lowest BCUT2D eigenvalue weighted by molar-refractivity contribution is 0.0952. The van der Waals surface area contributed by atoms with Crippen molar-refractivity contribution >= 4 is 17.6 Å². The second-order valence-electron chi connectivity index (χ2n) is 5.73. The number of hydrogen-bond acceptors (Lipinski definition) is 5. The Morgan fingerprint density at radius 1 is 1.26 bits per heavy atom. The zero-order valence-corrected chi connectivity index (χ0v) is 14.2. The molecule has 6 heteroatoms. The Morgan fingerprint density at radius 3 is 2.39 bits per heavy atom. The maximum absolute atomic E-state index is 12.5. The van der Waals surface area contributed by atoms with Gasteiger partial charge in [-0.25, -0.2) is 4.79 Å². The third-order valence-corrected chi connectivity index (χ3v) is 4.02. The van der Waals surface area contributed by atoms with Crippen LogP contribution in [0.25, 0.3) is 0 Å². The van der Waals surface area contributed by atoms with Crippen LogP contribution in [-0.4, -0.2) is 38.7 Å². The van der Waals surface area contributed by atoms with Crippen molar-refractivity contribution in [2.45, 2.75) is 33.2 Å². The highest BCUT2D eigenvalue weighted by Crippen LogP contribution is 2.41. The largest absolute Gasteiger partial charge is 0.493 e. The van der Waals surface area contributed by atoms with E-state index in [0.29, 0.717) is 22.7 Å². The molecular weight excluding hydrogens is 298 g/mol. The van der Waals surface area contributed by atoms with Crippen LogP contribution in [0.4, 0.5) is 10.5 Å². The van der Waals surface area contributed by atoms with E-state index in [1.807, 2.05) is 13.8 Å². The second kappa shape index (κ2) is 6.89. The Bertz CT molecular complexity index is 611. The fourth-order valence-electron chi connectivity index (χ4n) is 2.82. The van der Waals surface area contributed by atoms with E-state index < -0.39 is 6.09 Å². The van der Waals surface area contributed by atoms with Crippen LogP contribution >= 0.6 is 0 Å². The van der Waals surface area contributed by atoms with Crippen molar-refractivity contribution in [3.8, 4) is 11.5 Å². The smallest absolute Gasteiger partial charge is 0.414 e. The van der Waals surface area contributed by atoms with E-state index in [0.717, 1.165) is 0 Å². The number of amides is 1. The number of methoxy groups -OCH3 is 2. The van der Waals surface area contributed by atoms with E-state index in [4.69, 9.17) is 14.2 Å². The van der Waals surface area contributed by atoms with Crippen LogP contribution in [-0.2, 0) is 4.74 Å². The molecule has 126 valence electrons. The van der Waals surface area contributed by atoms with Crippen molar-refractivity contribution in [2.75, 3.05) is 25.7 Å². The molecule has 1 amide bonds. The van der Waals surface area contributed by atoms with Crippen molar-refractivity contribution in [3.63, 3.8) is 0 Å². The first-order chi connectivity index (χ1) is 10.9. The van der Waals surface area contributed by atoms with Crippen molar-refractivity contribution in [3.05, 3.63) is 17.7 Å². The molecule has 0 N–H and O–H groups in total. The maximum Gasteiger partial charge on any atom is 0.414 e. The highest BCUT2D eigenvalue weighted by atomic mass is 16.6. The number of rotatable bonds is 4. The van der Waals surface area contributed by atoms with Crippen molar-refractivity contribution < 1.29 is 23.8 Å². The van der Waals surface area contributed by atoms with E-state index in [2.05, 4.69) is 0 Å². The lowest BCUT2D eigenvalue weighted by Crippen LogP contribution is -2.48. The fourth-order valence-corrected chi connectivity index (χ4v) is 2.82. The molecule has 1 aliphatic heterocycles. The van der Waals surface area contributed by atoms with Gasteiger partial charge in [-0.1, -0.05) is 13.8 Å². The van der Waals surface area contributed by atoms with E-state index in [-0.39, 0.29) is 30.8 Å². The monoisotopic (exact) mass is 321 g/mol. The van der Waals surface area contributed by atoms with E-state index >= 15 is 0 Å². The molecule has 1 atom stereocenters. The molecule has 1 unspecified atom stereocenters. The number of carbonyl (C=O) groups is 2. The minimum atomic E-state index is -0.452. The first-order valence-electron chi connectivity index (χ1n) is 7.69. The maximum atomic E-state index is 12.5. The van der Waals surface area contributed by atoms with Crippen molar-refractivity contribution in [1.29, 1.82) is 0 Å². The standard InChI is InChI=1S/C17H23NO5/c1-6-23-17(20)18-12(10(2)3)8-14(19)11-7-15(21-4)16(22-5)9-13(11)18/h7,9-10,12H,6,8H2,1-5H3. The lowest BCUT2D eigenvalue weighted by Gasteiger charge is -2.38. The number of hydrogen-bond donors (Lipinski definition) is 0. The predicted octanol–water partition coefficient (Wildman–Crippen LogP) is 3.28. The molecule has 0 aromatic heterocycles. The molecule has 1 aliphatic rings. The molecular formula is C17H23NO5. The Balaban J connectivity index is 2.61. The summed E-state index contributed by atoms with van der Waals surface area (Å²) in [6.07, 6.45) is -0.189. The summed E-state index contributed by atoms with van der Waals surface area (Å²) in [6, 6.07) is 3.05. The predicted molar refractivity (Wildman–Crippen MR) is 86.6 cm³/mol. The molecule has 0 aliphatic carbocycles. The zero-order valence-electron chi connectivity index (χ0n) is 14.2. The summed E-state index contributed by atoms with van der Waals surface area (Å²) in [4.78, 5) is 26.5. The summed E-state index contributed by atoms with van der Waals surface area (Å²) in [6.45, 7) is 6.00. The van der Waals surface area contributed by atoms with Gasteiger partial charge in [0.05, 0.1) is 26.5 Å². The number of Topliss-reactive ketones (excluding diaryl/α,β-unsaturated/α-hetero) is 1. The van der Waals surface area contributed by atoms with E-state index in [1.54, 1.807) is 24.0 Å². The summed E-state index contributed by atoms with van der Waals surface area (Å²) in [5, 5.41) is 0. The summed E-state index contributed by atoms with van der Waals surface area (Å²) in [5.41, 5.74) is 0.962. The number of anilines is 1. The van der Waals surface area contributed by atoms with Crippen LogP contribution in [0.2, 0.25) is 0 Å². The molecule has 0 fully saturated rings. The Kier molecular flexibility index (Phi) is 5.13. The number of fused-ring (bicyclic) bond motifs is 1. The average molecular weight is 321 g/mol. The SMILES string of the molecule is CCOC(=O)N1c2cc(OC)c(OC)cc2C(=O)CC1C(C)C. The highest BCUT2D eigenvalue weighted by molar-refractivity contribution is 6.09. The molecule has 0 saturated carbocycles. The van der Waals surface area contributed by atoms with Crippen molar-refractivity contribution in [1.82, 2.24) is 0 Å². The van der Waals surface area contributed by atoms with Crippen LogP contribution in [0.5, 0.6) is 11.5 Å². The molecule has 0 radical (unpaired) electrons. The van der Waals surface area contributed by atoms with Gasteiger partial charge in [-0.15, -0.1) is 0 Å². The minimum absolute atomic E-state index is 0.0137. The average Bonchev–Trinajstić information content (AvgIpc) is 2.53. The molecule has 23 heavy (non-hydrogen) atoms. The minimum Gasteiger partial charge on any atom is -0.493 e. The number of nitrogens with zero attached hydrogens (tertiary/aromatic N) is 1. The summed E-state index contributed by atoms with van der Waals surface area (Å²) in [5.74, 6) is 1.04. The number of ketones is 1. The third-order valence-electron chi connectivity index (χ3n) is 4.02. The molecule has 0 spiro atoms. The van der Waals surface area contributed by atoms with Crippen LogP contribution in [0.1, 0.15) is 37.6 Å². The van der Waals surface area contributed by atoms with Crippen molar-refractivity contribution in [2.24, 2.45) is 5.92 Å². The van der Waals surface area contributed by atoms with Gasteiger partial charge >= 0.3 is 6.09 Å². The van der Waals surface area contributed by atoms with Gasteiger partial charge in [0.25, 0.3) is 0 Å². The molecule has 6 nitrogen and oxygen atoms in total. The quantitative estimate of drug-likeness (QED) is 0.851. The normalized spacial score (nSPS) is 17.0. The van der Waals surface area contributed by atoms with Gasteiger partial charge in [-0.2, -0.15) is 0 Å². The van der Waals surface area contributed by atoms with Gasteiger partial charge in [-0.05, 0) is 18.9 Å². The topological polar surface area (TPSA) is 65.1 Å². The van der Waals surface area contributed by atoms with Gasteiger partial charge in [0, 0.05) is 24.1 Å². The lowest BCUT2D eigenvalue weighted by atomic mass is 9.88. The Morgan fingerprint density at radius 2 is 1.87 bits per heavy atom. The van der Waals surface area contributed by atoms with E-state index in [1.165, 1.54) is 14.2 Å². The number of benzene rings is 1. The van der Waals surface area contributed by atoms with E-state index in [9.17, 15) is 9.59 Å². The molecule has 1 aromatic carbocycles. The van der Waals surface area contributed by atoms with Crippen LogP contribution < -0.4 is 14.4 Å². The number of carbonyl (C=O) groups excluding carboxylic acids is 2. The van der Waals surface area contributed by atoms with Gasteiger partial charge in [0.1, 0.15) is 0 Å². The molecule has 2 rings (SSSR count). The molecule has 0 bridgehead atoms. The number of ether oxygens (including phenoxy) is 3. The fraction of sp³-hybridized carbons (Fsp3) is 0.529. The highest BCUT2D eigenvalue weighted by Gasteiger charge is 2.38. The summed E-state index contributed by atoms with van der Waals surface area (Å²) in [7, 11) is 3.03. The Labute approximate surface area is 136 Å². The van der Waals surface area contributed by atoms with Crippen LogP contribution in [0, 0.1) is 5.92 Å². The first-order valence-corrected chi connectivity index (χ1v) is 7.69. The van der Waals surface area contributed by atoms with Gasteiger partial charge < -0.3 is 14.2 Å². The van der Waals surface area contributed by atoms with Gasteiger partial charge in [-0.3, -0.25) is 9.69 Å². The van der Waals surface area contributed by atoms with Gasteiger partial charge in [0.2, 0.25) is 0 Å². The van der Waals surface area contributed by atoms with Crippen LogP contribution in [0.15, 0.2) is 12.1 Å². The summed E-state index contributed by atoms with van der Waals surface area (Å²) >= 11 is 0. The first kappa shape index (κ1) is 17.1. The summed E-state index contributed by atoms with van der Waals surface area (Å²) < 4.78 is 15.8. The molecule has 1 aromatic rings. The molecule has 0 saturated heterocycles. The molecule has 1 heterocycles. The zero-order chi connectivity index (χ0) is 17.1. The van der Waals surface area contributed by atoms with Gasteiger partial charge in [0.15, 0.2) is 17.3 Å². The third kappa shape index (κ3) is 3.11.